The zero-order valence-corrected chi connectivity index (χ0v) is 10.1. The van der Waals surface area contributed by atoms with Gasteiger partial charge < -0.3 is 15.2 Å². The summed E-state index contributed by atoms with van der Waals surface area (Å²) in [7, 11) is 0. The second-order valence-corrected chi connectivity index (χ2v) is 4.13. The SMILES string of the molecule is NCCOc1ccccc1CN1CCOCC1. The van der Waals surface area contributed by atoms with Gasteiger partial charge in [0.2, 0.25) is 0 Å². The van der Waals surface area contributed by atoms with Gasteiger partial charge in [-0.15, -0.1) is 0 Å². The Kier molecular flexibility index (Phi) is 4.79. The summed E-state index contributed by atoms with van der Waals surface area (Å²) in [5.74, 6) is 0.949. The number of hydrogen-bond acceptors (Lipinski definition) is 4. The highest BCUT2D eigenvalue weighted by molar-refractivity contribution is 5.33. The molecule has 0 aromatic heterocycles. The monoisotopic (exact) mass is 236 g/mol. The summed E-state index contributed by atoms with van der Waals surface area (Å²) in [6.07, 6.45) is 0. The van der Waals surface area contributed by atoms with E-state index in [9.17, 15) is 0 Å². The van der Waals surface area contributed by atoms with Crippen LogP contribution in [-0.2, 0) is 11.3 Å². The second-order valence-electron chi connectivity index (χ2n) is 4.13. The molecule has 4 nitrogen and oxygen atoms in total. The van der Waals surface area contributed by atoms with E-state index in [0.717, 1.165) is 38.6 Å². The van der Waals surface area contributed by atoms with Crippen molar-refractivity contribution in [3.05, 3.63) is 29.8 Å². The van der Waals surface area contributed by atoms with Crippen LogP contribution in [0.2, 0.25) is 0 Å². The van der Waals surface area contributed by atoms with E-state index >= 15 is 0 Å². The first-order valence-electron chi connectivity index (χ1n) is 6.11. The first kappa shape index (κ1) is 12.4. The van der Waals surface area contributed by atoms with Crippen LogP contribution in [0.5, 0.6) is 5.75 Å². The van der Waals surface area contributed by atoms with Gasteiger partial charge in [-0.1, -0.05) is 18.2 Å². The van der Waals surface area contributed by atoms with Crippen LogP contribution >= 0.6 is 0 Å². The highest BCUT2D eigenvalue weighted by Crippen LogP contribution is 2.20. The van der Waals surface area contributed by atoms with E-state index in [4.69, 9.17) is 15.2 Å². The average Bonchev–Trinajstić information content (AvgIpc) is 2.39. The molecular weight excluding hydrogens is 216 g/mol. The second kappa shape index (κ2) is 6.59. The lowest BCUT2D eigenvalue weighted by Crippen LogP contribution is -2.35. The van der Waals surface area contributed by atoms with E-state index in [1.165, 1.54) is 5.56 Å². The molecule has 0 spiro atoms. The van der Waals surface area contributed by atoms with Gasteiger partial charge >= 0.3 is 0 Å². The van der Waals surface area contributed by atoms with Gasteiger partial charge in [0.05, 0.1) is 13.2 Å². The number of benzene rings is 1. The van der Waals surface area contributed by atoms with Gasteiger partial charge in [0.1, 0.15) is 12.4 Å². The smallest absolute Gasteiger partial charge is 0.123 e. The molecule has 2 N–H and O–H groups in total. The highest BCUT2D eigenvalue weighted by Gasteiger charge is 2.12. The van der Waals surface area contributed by atoms with Gasteiger partial charge in [-0.25, -0.2) is 0 Å². The molecule has 0 amide bonds. The van der Waals surface area contributed by atoms with Crippen molar-refractivity contribution >= 4 is 0 Å². The topological polar surface area (TPSA) is 47.7 Å². The molecule has 2 rings (SSSR count). The van der Waals surface area contributed by atoms with Crippen LogP contribution in [0.15, 0.2) is 24.3 Å². The summed E-state index contributed by atoms with van der Waals surface area (Å²) in [4.78, 5) is 2.38. The van der Waals surface area contributed by atoms with Crippen molar-refractivity contribution in [3.63, 3.8) is 0 Å². The van der Waals surface area contributed by atoms with Gasteiger partial charge in [-0.3, -0.25) is 4.90 Å². The van der Waals surface area contributed by atoms with Crippen molar-refractivity contribution in [3.8, 4) is 5.75 Å². The van der Waals surface area contributed by atoms with Crippen LogP contribution in [0, 0.1) is 0 Å². The molecule has 1 heterocycles. The van der Waals surface area contributed by atoms with Gasteiger partial charge in [0.25, 0.3) is 0 Å². The van der Waals surface area contributed by atoms with Crippen LogP contribution in [0.1, 0.15) is 5.56 Å². The number of hydrogen-bond donors (Lipinski definition) is 1. The first-order chi connectivity index (χ1) is 8.40. The average molecular weight is 236 g/mol. The molecule has 0 radical (unpaired) electrons. The first-order valence-corrected chi connectivity index (χ1v) is 6.11. The zero-order valence-electron chi connectivity index (χ0n) is 10.1. The maximum Gasteiger partial charge on any atom is 0.123 e. The van der Waals surface area contributed by atoms with E-state index in [1.54, 1.807) is 0 Å². The van der Waals surface area contributed by atoms with Crippen molar-refractivity contribution in [2.75, 3.05) is 39.5 Å². The molecular formula is C13H20N2O2. The predicted octanol–water partition coefficient (Wildman–Crippen LogP) is 0.856. The number of morpholine rings is 1. The van der Waals surface area contributed by atoms with Crippen LogP contribution in [0.25, 0.3) is 0 Å². The number of nitrogens with two attached hydrogens (primary N) is 1. The molecule has 17 heavy (non-hydrogen) atoms. The number of nitrogens with zero attached hydrogens (tertiary/aromatic N) is 1. The fourth-order valence-corrected chi connectivity index (χ4v) is 1.94. The minimum Gasteiger partial charge on any atom is -0.492 e. The molecule has 0 atom stereocenters. The fourth-order valence-electron chi connectivity index (χ4n) is 1.94. The number of para-hydroxylation sites is 1. The minimum atomic E-state index is 0.548. The Morgan fingerprint density at radius 2 is 2.00 bits per heavy atom. The van der Waals surface area contributed by atoms with Crippen LogP contribution in [0.4, 0.5) is 0 Å². The van der Waals surface area contributed by atoms with E-state index < -0.39 is 0 Å². The molecule has 0 bridgehead atoms. The molecule has 94 valence electrons. The lowest BCUT2D eigenvalue weighted by atomic mass is 10.2. The molecule has 4 heteroatoms. The van der Waals surface area contributed by atoms with Crippen LogP contribution in [0.3, 0.4) is 0 Å². The molecule has 1 aliphatic rings. The Bertz CT molecular complexity index is 338. The summed E-state index contributed by atoms with van der Waals surface area (Å²) in [5.41, 5.74) is 6.68. The van der Waals surface area contributed by atoms with Crippen molar-refractivity contribution < 1.29 is 9.47 Å². The van der Waals surface area contributed by atoms with Crippen molar-refractivity contribution in [1.29, 1.82) is 0 Å². The number of ether oxygens (including phenoxy) is 2. The lowest BCUT2D eigenvalue weighted by molar-refractivity contribution is 0.0338. The third kappa shape index (κ3) is 3.70. The molecule has 0 unspecified atom stereocenters. The maximum absolute atomic E-state index is 5.64. The summed E-state index contributed by atoms with van der Waals surface area (Å²) in [5, 5.41) is 0. The molecule has 1 aromatic rings. The molecule has 0 saturated carbocycles. The summed E-state index contributed by atoms with van der Waals surface area (Å²) in [6.45, 7) is 5.67. The van der Waals surface area contributed by atoms with E-state index in [1.807, 2.05) is 18.2 Å². The van der Waals surface area contributed by atoms with Gasteiger partial charge in [0.15, 0.2) is 0 Å². The van der Waals surface area contributed by atoms with E-state index in [2.05, 4.69) is 11.0 Å². The largest absolute Gasteiger partial charge is 0.492 e. The minimum absolute atomic E-state index is 0.548. The van der Waals surface area contributed by atoms with Crippen LogP contribution in [-0.4, -0.2) is 44.4 Å². The molecule has 1 aromatic carbocycles. The Morgan fingerprint density at radius 1 is 1.24 bits per heavy atom. The van der Waals surface area contributed by atoms with Crippen molar-refractivity contribution in [1.82, 2.24) is 4.90 Å². The summed E-state index contributed by atoms with van der Waals surface area (Å²) in [6, 6.07) is 8.16. The molecule has 1 fully saturated rings. The van der Waals surface area contributed by atoms with Gasteiger partial charge in [-0.05, 0) is 6.07 Å². The Morgan fingerprint density at radius 3 is 2.76 bits per heavy atom. The Hall–Kier alpha value is -1.10. The summed E-state index contributed by atoms with van der Waals surface area (Å²) >= 11 is 0. The van der Waals surface area contributed by atoms with Crippen LogP contribution < -0.4 is 10.5 Å². The van der Waals surface area contributed by atoms with Crippen molar-refractivity contribution in [2.45, 2.75) is 6.54 Å². The quantitative estimate of drug-likeness (QED) is 0.823. The zero-order chi connectivity index (χ0) is 11.9. The summed E-state index contributed by atoms with van der Waals surface area (Å²) < 4.78 is 11.0. The highest BCUT2D eigenvalue weighted by atomic mass is 16.5. The normalized spacial score (nSPS) is 17.0. The fraction of sp³-hybridized carbons (Fsp3) is 0.538. The third-order valence-electron chi connectivity index (χ3n) is 2.85. The van der Waals surface area contributed by atoms with Crippen molar-refractivity contribution in [2.24, 2.45) is 5.73 Å². The van der Waals surface area contributed by atoms with Gasteiger partial charge in [0, 0.05) is 31.7 Å². The lowest BCUT2D eigenvalue weighted by Gasteiger charge is -2.27. The Balaban J connectivity index is 1.98. The molecule has 0 aliphatic carbocycles. The standard InChI is InChI=1S/C13H20N2O2/c14-5-8-17-13-4-2-1-3-12(13)11-15-6-9-16-10-7-15/h1-4H,5-11,14H2. The maximum atomic E-state index is 5.64. The predicted molar refractivity (Wildman–Crippen MR) is 67.1 cm³/mol. The molecule has 1 aliphatic heterocycles. The molecule has 1 saturated heterocycles. The van der Waals surface area contributed by atoms with E-state index in [-0.39, 0.29) is 0 Å². The number of rotatable bonds is 5. The van der Waals surface area contributed by atoms with E-state index in [0.29, 0.717) is 13.2 Å². The third-order valence-corrected chi connectivity index (χ3v) is 2.85. The van der Waals surface area contributed by atoms with Gasteiger partial charge in [-0.2, -0.15) is 0 Å². The Labute approximate surface area is 102 Å².